The number of hydrogen-bond donors (Lipinski definition) is 0. The normalized spacial score (nSPS) is 17.4. The van der Waals surface area contributed by atoms with Gasteiger partial charge in [0.15, 0.2) is 0 Å². The van der Waals surface area contributed by atoms with Crippen molar-refractivity contribution in [3.63, 3.8) is 0 Å². The van der Waals surface area contributed by atoms with Crippen LogP contribution in [0.1, 0.15) is 22.3 Å². The van der Waals surface area contributed by atoms with Crippen molar-refractivity contribution in [2.75, 3.05) is 0 Å². The van der Waals surface area contributed by atoms with Crippen molar-refractivity contribution in [2.24, 2.45) is 10.2 Å². The van der Waals surface area contributed by atoms with Gasteiger partial charge >= 0.3 is 0 Å². The SMILES string of the molecule is C1=CC2=CN=NC2=C1.C1=CCc2c(ccc3c2CCc2ccccc2-3)C1. The first-order valence-corrected chi connectivity index (χ1v) is 9.27. The van der Waals surface area contributed by atoms with E-state index in [0.717, 1.165) is 24.1 Å². The summed E-state index contributed by atoms with van der Waals surface area (Å²) in [6, 6.07) is 13.5. The van der Waals surface area contributed by atoms with E-state index in [9.17, 15) is 0 Å². The van der Waals surface area contributed by atoms with Gasteiger partial charge in [-0.1, -0.05) is 60.7 Å². The van der Waals surface area contributed by atoms with Crippen LogP contribution in [0, 0.1) is 0 Å². The van der Waals surface area contributed by atoms with Crippen LogP contribution >= 0.6 is 0 Å². The van der Waals surface area contributed by atoms with Crippen LogP contribution in [-0.4, -0.2) is 0 Å². The number of nitrogens with zero attached hydrogens (tertiary/aromatic N) is 2. The third-order valence-corrected chi connectivity index (χ3v) is 5.49. The Labute approximate surface area is 154 Å². The van der Waals surface area contributed by atoms with Gasteiger partial charge in [0, 0.05) is 5.57 Å². The molecule has 0 amide bonds. The number of fused-ring (bicyclic) bond motifs is 6. The van der Waals surface area contributed by atoms with Crippen molar-refractivity contribution in [1.29, 1.82) is 0 Å². The summed E-state index contributed by atoms with van der Waals surface area (Å²) >= 11 is 0. The summed E-state index contributed by atoms with van der Waals surface area (Å²) in [6.07, 6.45) is 16.9. The van der Waals surface area contributed by atoms with Gasteiger partial charge in [-0.05, 0) is 65.1 Å². The van der Waals surface area contributed by atoms with E-state index in [0.29, 0.717) is 0 Å². The summed E-state index contributed by atoms with van der Waals surface area (Å²) in [5.74, 6) is 0. The zero-order valence-electron chi connectivity index (χ0n) is 14.7. The van der Waals surface area contributed by atoms with Crippen molar-refractivity contribution in [1.82, 2.24) is 0 Å². The lowest BCUT2D eigenvalue weighted by Crippen LogP contribution is -2.10. The second-order valence-corrected chi connectivity index (χ2v) is 6.98. The van der Waals surface area contributed by atoms with E-state index in [4.69, 9.17) is 0 Å². The first-order chi connectivity index (χ1) is 12.9. The van der Waals surface area contributed by atoms with Crippen molar-refractivity contribution < 1.29 is 0 Å². The Kier molecular flexibility index (Phi) is 3.75. The monoisotopic (exact) mass is 336 g/mol. The van der Waals surface area contributed by atoms with E-state index >= 15 is 0 Å². The summed E-state index contributed by atoms with van der Waals surface area (Å²) in [4.78, 5) is 0. The van der Waals surface area contributed by atoms with E-state index in [1.165, 1.54) is 35.1 Å². The number of azo groups is 1. The predicted octanol–water partition coefficient (Wildman–Crippen LogP) is 5.90. The van der Waals surface area contributed by atoms with Gasteiger partial charge in [0.2, 0.25) is 0 Å². The van der Waals surface area contributed by atoms with Crippen molar-refractivity contribution >= 4 is 0 Å². The van der Waals surface area contributed by atoms with Gasteiger partial charge < -0.3 is 0 Å². The molecule has 0 saturated heterocycles. The van der Waals surface area contributed by atoms with E-state index in [1.807, 2.05) is 18.2 Å². The summed E-state index contributed by atoms with van der Waals surface area (Å²) in [7, 11) is 0. The van der Waals surface area contributed by atoms with E-state index in [2.05, 4.69) is 58.8 Å². The maximum Gasteiger partial charge on any atom is 0.0945 e. The van der Waals surface area contributed by atoms with Crippen LogP contribution in [0.2, 0.25) is 0 Å². The molecule has 1 aliphatic heterocycles. The Morgan fingerprint density at radius 2 is 1.69 bits per heavy atom. The molecule has 2 nitrogen and oxygen atoms in total. The maximum absolute atomic E-state index is 3.83. The third-order valence-electron chi connectivity index (χ3n) is 5.49. The van der Waals surface area contributed by atoms with Crippen LogP contribution in [0.4, 0.5) is 0 Å². The Morgan fingerprint density at radius 1 is 0.769 bits per heavy atom. The Hall–Kier alpha value is -3.00. The molecule has 0 fully saturated rings. The molecule has 3 aliphatic carbocycles. The van der Waals surface area contributed by atoms with Gasteiger partial charge in [0.1, 0.15) is 0 Å². The highest BCUT2D eigenvalue weighted by Gasteiger charge is 2.20. The molecule has 0 spiro atoms. The van der Waals surface area contributed by atoms with Crippen LogP contribution in [0.25, 0.3) is 11.1 Å². The average Bonchev–Trinajstić information content (AvgIpc) is 3.33. The Bertz CT molecular complexity index is 1010. The van der Waals surface area contributed by atoms with Crippen molar-refractivity contribution in [3.05, 3.63) is 107 Å². The second kappa shape index (κ2) is 6.38. The van der Waals surface area contributed by atoms with Crippen LogP contribution in [0.5, 0.6) is 0 Å². The predicted molar refractivity (Wildman–Crippen MR) is 106 cm³/mol. The first kappa shape index (κ1) is 15.3. The lowest BCUT2D eigenvalue weighted by atomic mass is 9.79. The molecule has 4 aliphatic rings. The van der Waals surface area contributed by atoms with Gasteiger partial charge in [-0.2, -0.15) is 10.2 Å². The third kappa shape index (κ3) is 2.59. The van der Waals surface area contributed by atoms with Crippen LogP contribution in [0.3, 0.4) is 0 Å². The first-order valence-electron chi connectivity index (χ1n) is 9.27. The molecule has 2 aromatic carbocycles. The van der Waals surface area contributed by atoms with E-state index in [-0.39, 0.29) is 0 Å². The average molecular weight is 336 g/mol. The minimum atomic E-state index is 0.991. The molecule has 2 aromatic rings. The number of hydrogen-bond acceptors (Lipinski definition) is 2. The van der Waals surface area contributed by atoms with Crippen LogP contribution in [-0.2, 0) is 25.7 Å². The van der Waals surface area contributed by atoms with Gasteiger partial charge in [0.05, 0.1) is 11.9 Å². The summed E-state index contributed by atoms with van der Waals surface area (Å²) in [5.41, 5.74) is 11.3. The topological polar surface area (TPSA) is 24.7 Å². The molecule has 0 radical (unpaired) electrons. The molecule has 0 N–H and O–H groups in total. The number of rotatable bonds is 0. The number of benzene rings is 2. The number of allylic oxidation sites excluding steroid dienone is 5. The van der Waals surface area contributed by atoms with Crippen molar-refractivity contribution in [3.8, 4) is 11.1 Å². The fourth-order valence-electron chi connectivity index (χ4n) is 4.18. The smallest absolute Gasteiger partial charge is 0.0945 e. The lowest BCUT2D eigenvalue weighted by molar-refractivity contribution is 0.908. The van der Waals surface area contributed by atoms with Gasteiger partial charge in [0.25, 0.3) is 0 Å². The highest BCUT2D eigenvalue weighted by atomic mass is 15.1. The molecular formula is C24H20N2. The second-order valence-electron chi connectivity index (χ2n) is 6.98. The summed E-state index contributed by atoms with van der Waals surface area (Å²) in [6.45, 7) is 0. The Balaban J connectivity index is 0.000000156. The fraction of sp³-hybridized carbons (Fsp3) is 0.167. The highest BCUT2D eigenvalue weighted by molar-refractivity contribution is 5.75. The molecule has 0 atom stereocenters. The lowest BCUT2D eigenvalue weighted by Gasteiger charge is -2.25. The molecule has 2 heteroatoms. The molecule has 1 heterocycles. The largest absolute Gasteiger partial charge is 0.158 e. The number of aryl methyl sites for hydroxylation is 1. The molecule has 0 aromatic heterocycles. The molecule has 6 rings (SSSR count). The van der Waals surface area contributed by atoms with Crippen LogP contribution < -0.4 is 0 Å². The van der Waals surface area contributed by atoms with Crippen LogP contribution in [0.15, 0.2) is 94.5 Å². The van der Waals surface area contributed by atoms with Crippen molar-refractivity contribution in [2.45, 2.75) is 25.7 Å². The molecule has 0 saturated carbocycles. The molecule has 126 valence electrons. The molecule has 0 unspecified atom stereocenters. The molecule has 26 heavy (non-hydrogen) atoms. The fourth-order valence-corrected chi connectivity index (χ4v) is 4.18. The quantitative estimate of drug-likeness (QED) is 0.535. The minimum Gasteiger partial charge on any atom is -0.158 e. The van der Waals surface area contributed by atoms with Gasteiger partial charge in [-0.25, -0.2) is 0 Å². The standard InChI is InChI=1S/C18H16.C6H4N2/c1-3-7-15-13(5-1)9-11-18-16-8-4-2-6-14(16)10-12-17(15)18;1-2-5-4-7-8-6(5)3-1/h1-5,7,10,12H,6,8-9,11H2;1-4H. The Morgan fingerprint density at radius 3 is 2.65 bits per heavy atom. The minimum absolute atomic E-state index is 0.991. The summed E-state index contributed by atoms with van der Waals surface area (Å²) < 4.78 is 0. The van der Waals surface area contributed by atoms with Gasteiger partial charge in [-0.15, -0.1) is 0 Å². The van der Waals surface area contributed by atoms with E-state index in [1.54, 1.807) is 17.3 Å². The zero-order valence-corrected chi connectivity index (χ0v) is 14.7. The summed E-state index contributed by atoms with van der Waals surface area (Å²) in [5, 5.41) is 7.54. The maximum atomic E-state index is 3.83. The molecule has 0 bridgehead atoms. The molecular weight excluding hydrogens is 316 g/mol. The van der Waals surface area contributed by atoms with E-state index < -0.39 is 0 Å². The van der Waals surface area contributed by atoms with Gasteiger partial charge in [-0.3, -0.25) is 0 Å². The zero-order chi connectivity index (χ0) is 17.3. The highest BCUT2D eigenvalue weighted by Crippen LogP contribution is 2.37.